The van der Waals surface area contributed by atoms with Gasteiger partial charge in [-0.1, -0.05) is 0 Å². The maximum atomic E-state index is 11.9. The van der Waals surface area contributed by atoms with E-state index in [0.29, 0.717) is 0 Å². The molecule has 26 heavy (non-hydrogen) atoms. The minimum atomic E-state index is -1.09. The van der Waals surface area contributed by atoms with E-state index in [1.807, 2.05) is 0 Å². The van der Waals surface area contributed by atoms with Crippen molar-refractivity contribution >= 4 is 29.1 Å². The summed E-state index contributed by atoms with van der Waals surface area (Å²) in [6, 6.07) is 0. The third kappa shape index (κ3) is 3.11. The van der Waals surface area contributed by atoms with Gasteiger partial charge in [-0.15, -0.1) is 0 Å². The molecular formula is C14H17N5O7. The van der Waals surface area contributed by atoms with Crippen molar-refractivity contribution in [3.8, 4) is 0 Å². The number of aliphatic hydroxyl groups excluding tert-OH is 1. The Labute approximate surface area is 145 Å². The highest BCUT2D eigenvalue weighted by Gasteiger charge is 2.50. The fourth-order valence-corrected chi connectivity index (χ4v) is 2.86. The number of carbonyl (C=O) groups excluding carboxylic acids is 2. The van der Waals surface area contributed by atoms with Crippen LogP contribution in [0.15, 0.2) is 11.1 Å². The second kappa shape index (κ2) is 6.72. The molecule has 3 rings (SSSR count). The Hall–Kier alpha value is -2.99. The van der Waals surface area contributed by atoms with Crippen LogP contribution in [0.4, 0.5) is 5.95 Å². The zero-order valence-electron chi connectivity index (χ0n) is 13.9. The van der Waals surface area contributed by atoms with Crippen LogP contribution < -0.4 is 11.3 Å². The van der Waals surface area contributed by atoms with E-state index >= 15 is 0 Å². The number of aromatic nitrogens is 4. The van der Waals surface area contributed by atoms with Gasteiger partial charge in [0.05, 0.1) is 12.9 Å². The van der Waals surface area contributed by atoms with Gasteiger partial charge in [0.2, 0.25) is 5.95 Å². The van der Waals surface area contributed by atoms with Crippen molar-refractivity contribution in [2.24, 2.45) is 0 Å². The van der Waals surface area contributed by atoms with E-state index in [-0.39, 0.29) is 17.1 Å². The second-order valence-electron chi connectivity index (χ2n) is 5.67. The number of H-pyrrole nitrogens is 1. The minimum Gasteiger partial charge on any atom is -0.456 e. The summed E-state index contributed by atoms with van der Waals surface area (Å²) < 4.78 is 17.5. The molecule has 1 aliphatic heterocycles. The number of ether oxygens (including phenoxy) is 3. The number of nitrogens with one attached hydrogen (secondary N) is 1. The topological polar surface area (TPSA) is 172 Å². The molecule has 12 nitrogen and oxygen atoms in total. The van der Waals surface area contributed by atoms with Gasteiger partial charge in [-0.05, 0) is 0 Å². The number of imidazole rings is 1. The highest BCUT2D eigenvalue weighted by atomic mass is 16.6. The number of esters is 2. The maximum absolute atomic E-state index is 11.9. The van der Waals surface area contributed by atoms with E-state index in [0.717, 1.165) is 0 Å². The lowest BCUT2D eigenvalue weighted by Gasteiger charge is -2.23. The number of nitrogens with two attached hydrogens (primary N) is 1. The number of hydrogen-bond acceptors (Lipinski definition) is 10. The highest BCUT2D eigenvalue weighted by Crippen LogP contribution is 2.35. The minimum absolute atomic E-state index is 0.000796. The van der Waals surface area contributed by atoms with Crippen molar-refractivity contribution in [1.82, 2.24) is 19.5 Å². The number of hydrogen-bond donors (Lipinski definition) is 3. The summed E-state index contributed by atoms with van der Waals surface area (Å²) >= 11 is 0. The molecule has 4 atom stereocenters. The summed E-state index contributed by atoms with van der Waals surface area (Å²) in [6.45, 7) is 1.87. The molecule has 1 saturated heterocycles. The van der Waals surface area contributed by atoms with E-state index in [1.165, 1.54) is 24.7 Å². The van der Waals surface area contributed by atoms with Crippen LogP contribution in [-0.2, 0) is 23.8 Å². The number of nitrogen functional groups attached to an aromatic ring is 1. The fraction of sp³-hybridized carbons (Fsp3) is 0.500. The van der Waals surface area contributed by atoms with E-state index in [2.05, 4.69) is 15.0 Å². The van der Waals surface area contributed by atoms with Gasteiger partial charge < -0.3 is 25.1 Å². The molecule has 4 N–H and O–H groups in total. The zero-order valence-corrected chi connectivity index (χ0v) is 13.9. The number of rotatable bonds is 4. The Morgan fingerprint density at radius 3 is 2.62 bits per heavy atom. The summed E-state index contributed by atoms with van der Waals surface area (Å²) in [4.78, 5) is 45.1. The van der Waals surface area contributed by atoms with Crippen molar-refractivity contribution < 1.29 is 28.9 Å². The number of nitrogens with zero attached hydrogens (tertiary/aromatic N) is 3. The van der Waals surface area contributed by atoms with Crippen LogP contribution >= 0.6 is 0 Å². The smallest absolute Gasteiger partial charge is 0.303 e. The molecular weight excluding hydrogens is 350 g/mol. The lowest BCUT2D eigenvalue weighted by atomic mass is 10.1. The quantitative estimate of drug-likeness (QED) is 0.537. The van der Waals surface area contributed by atoms with Crippen molar-refractivity contribution in [3.05, 3.63) is 16.7 Å². The maximum Gasteiger partial charge on any atom is 0.303 e. The molecule has 0 spiro atoms. The van der Waals surface area contributed by atoms with Crippen LogP contribution in [0.2, 0.25) is 0 Å². The third-order valence-corrected chi connectivity index (χ3v) is 3.79. The van der Waals surface area contributed by atoms with Crippen molar-refractivity contribution in [2.45, 2.75) is 38.4 Å². The van der Waals surface area contributed by atoms with Crippen LogP contribution in [-0.4, -0.2) is 61.5 Å². The monoisotopic (exact) mass is 367 g/mol. The molecule has 4 unspecified atom stereocenters. The Balaban J connectivity index is 2.08. The lowest BCUT2D eigenvalue weighted by molar-refractivity contribution is -0.165. The van der Waals surface area contributed by atoms with Gasteiger partial charge in [-0.3, -0.25) is 23.9 Å². The molecule has 2 aromatic rings. The predicted octanol–water partition coefficient (Wildman–Crippen LogP) is -1.55. The number of fused-ring (bicyclic) bond motifs is 1. The summed E-state index contributed by atoms with van der Waals surface area (Å²) in [7, 11) is 0. The summed E-state index contributed by atoms with van der Waals surface area (Å²) in [6.07, 6.45) is -2.88. The molecule has 140 valence electrons. The first kappa shape index (κ1) is 17.8. The Bertz CT molecular complexity index is 907. The first-order chi connectivity index (χ1) is 12.3. The van der Waals surface area contributed by atoms with Gasteiger partial charge in [0.15, 0.2) is 29.6 Å². The highest BCUT2D eigenvalue weighted by molar-refractivity contribution is 5.71. The molecule has 0 saturated carbocycles. The lowest BCUT2D eigenvalue weighted by Crippen LogP contribution is -2.40. The molecule has 1 fully saturated rings. The van der Waals surface area contributed by atoms with Gasteiger partial charge in [-0.25, -0.2) is 4.98 Å². The number of carbonyl (C=O) groups is 2. The number of aromatic amines is 1. The largest absolute Gasteiger partial charge is 0.456 e. The molecule has 0 aromatic carbocycles. The van der Waals surface area contributed by atoms with Crippen molar-refractivity contribution in [1.29, 1.82) is 0 Å². The molecule has 12 heteroatoms. The van der Waals surface area contributed by atoms with Gasteiger partial charge in [0.1, 0.15) is 6.10 Å². The zero-order chi connectivity index (χ0) is 19.0. The molecule has 0 bridgehead atoms. The van der Waals surface area contributed by atoms with Crippen LogP contribution in [0.1, 0.15) is 20.1 Å². The Kier molecular flexibility index (Phi) is 4.61. The normalized spacial score (nSPS) is 25.3. The van der Waals surface area contributed by atoms with Crippen LogP contribution in [0.5, 0.6) is 0 Å². The van der Waals surface area contributed by atoms with E-state index < -0.39 is 48.6 Å². The van der Waals surface area contributed by atoms with E-state index in [9.17, 15) is 19.5 Å². The first-order valence-electron chi connectivity index (χ1n) is 7.65. The number of aliphatic hydroxyl groups is 1. The fourth-order valence-electron chi connectivity index (χ4n) is 2.86. The third-order valence-electron chi connectivity index (χ3n) is 3.79. The predicted molar refractivity (Wildman–Crippen MR) is 84.7 cm³/mol. The van der Waals surface area contributed by atoms with Crippen LogP contribution in [0, 0.1) is 0 Å². The van der Waals surface area contributed by atoms with Crippen molar-refractivity contribution in [2.75, 3.05) is 12.3 Å². The SMILES string of the molecule is CC(=O)OC1C(CO)OC(n2cnc3c(=O)[nH]c(N)nc32)C1OC(C)=O. The van der Waals surface area contributed by atoms with Gasteiger partial charge in [-0.2, -0.15) is 4.98 Å². The molecule has 0 radical (unpaired) electrons. The standard InChI is InChI=1S/C14H17N5O7/c1-5(21)24-9-7(3-20)26-13(10(9)25-6(2)22)19-4-16-8-11(19)17-14(15)18-12(8)23/h4,7,9-10,13,20H,3H2,1-2H3,(H3,15,17,18,23). The van der Waals surface area contributed by atoms with Gasteiger partial charge in [0, 0.05) is 13.8 Å². The van der Waals surface area contributed by atoms with Crippen molar-refractivity contribution in [3.63, 3.8) is 0 Å². The Morgan fingerprint density at radius 2 is 2.00 bits per heavy atom. The van der Waals surface area contributed by atoms with Gasteiger partial charge >= 0.3 is 11.9 Å². The van der Waals surface area contributed by atoms with Crippen LogP contribution in [0.25, 0.3) is 11.2 Å². The molecule has 3 heterocycles. The van der Waals surface area contributed by atoms with Crippen LogP contribution in [0.3, 0.4) is 0 Å². The summed E-state index contributed by atoms with van der Waals surface area (Å²) in [5.74, 6) is -1.42. The molecule has 0 amide bonds. The molecule has 2 aromatic heterocycles. The van der Waals surface area contributed by atoms with E-state index in [1.54, 1.807) is 0 Å². The number of anilines is 1. The molecule has 1 aliphatic rings. The Morgan fingerprint density at radius 1 is 1.35 bits per heavy atom. The average molecular weight is 367 g/mol. The first-order valence-corrected chi connectivity index (χ1v) is 7.65. The summed E-state index contributed by atoms with van der Waals surface area (Å²) in [5, 5.41) is 9.55. The second-order valence-corrected chi connectivity index (χ2v) is 5.67. The molecule has 0 aliphatic carbocycles. The average Bonchev–Trinajstić information content (AvgIpc) is 3.09. The van der Waals surface area contributed by atoms with Gasteiger partial charge in [0.25, 0.3) is 5.56 Å². The van der Waals surface area contributed by atoms with E-state index in [4.69, 9.17) is 19.9 Å². The summed E-state index contributed by atoms with van der Waals surface area (Å²) in [5.41, 5.74) is 5.11.